The van der Waals surface area contributed by atoms with Gasteiger partial charge in [-0.3, -0.25) is 4.79 Å². The molecule has 5 heteroatoms. The van der Waals surface area contributed by atoms with Crippen LogP contribution in [0, 0.1) is 5.82 Å². The summed E-state index contributed by atoms with van der Waals surface area (Å²) in [5, 5.41) is 2.90. The molecule has 2 aromatic rings. The Balaban J connectivity index is 1.82. The highest BCUT2D eigenvalue weighted by Gasteiger charge is 2.06. The van der Waals surface area contributed by atoms with Crippen molar-refractivity contribution in [3.05, 3.63) is 59.9 Å². The number of amides is 1. The Morgan fingerprint density at radius 2 is 2.00 bits per heavy atom. The summed E-state index contributed by atoms with van der Waals surface area (Å²) in [4.78, 5) is 13.0. The number of carbonyl (C=O) groups excluding carboxylic acids is 1. The minimum absolute atomic E-state index is 0.0436. The first-order valence-corrected chi connectivity index (χ1v) is 8.82. The van der Waals surface area contributed by atoms with Gasteiger partial charge in [0.05, 0.1) is 11.4 Å². The van der Waals surface area contributed by atoms with Crippen LogP contribution < -0.4 is 5.32 Å². The van der Waals surface area contributed by atoms with E-state index in [9.17, 15) is 9.18 Å². The Kier molecular flexibility index (Phi) is 6.14. The first-order valence-electron chi connectivity index (χ1n) is 6.44. The monoisotopic (exact) mass is 321 g/mol. The second-order valence-corrected chi connectivity index (χ2v) is 6.20. The Bertz CT molecular complexity index is 619. The molecule has 0 atom stereocenters. The number of nitrogens with one attached hydrogen (secondary N) is 1. The summed E-state index contributed by atoms with van der Waals surface area (Å²) >= 11 is 3.07. The van der Waals surface area contributed by atoms with E-state index in [1.165, 1.54) is 23.9 Å². The lowest BCUT2D eigenvalue weighted by molar-refractivity contribution is -0.113. The summed E-state index contributed by atoms with van der Waals surface area (Å²) in [6.07, 6.45) is 1.98. The van der Waals surface area contributed by atoms with Crippen LogP contribution in [0.3, 0.4) is 0 Å². The van der Waals surface area contributed by atoms with Crippen LogP contribution in [0.5, 0.6) is 0 Å². The smallest absolute Gasteiger partial charge is 0.234 e. The molecule has 0 radical (unpaired) electrons. The van der Waals surface area contributed by atoms with E-state index in [0.717, 1.165) is 16.1 Å². The third-order valence-corrected chi connectivity index (χ3v) is 4.57. The first kappa shape index (κ1) is 15.9. The molecule has 0 aliphatic rings. The van der Waals surface area contributed by atoms with Crippen molar-refractivity contribution < 1.29 is 9.18 Å². The number of hydrogen-bond donors (Lipinski definition) is 1. The van der Waals surface area contributed by atoms with Crippen molar-refractivity contribution >= 4 is 35.1 Å². The van der Waals surface area contributed by atoms with E-state index in [1.54, 1.807) is 17.8 Å². The van der Waals surface area contributed by atoms with Crippen LogP contribution in [0.1, 0.15) is 5.56 Å². The van der Waals surface area contributed by atoms with Crippen LogP contribution in [0.15, 0.2) is 53.4 Å². The summed E-state index contributed by atoms with van der Waals surface area (Å²) in [6, 6.07) is 14.2. The second kappa shape index (κ2) is 8.10. The van der Waals surface area contributed by atoms with E-state index in [-0.39, 0.29) is 11.7 Å². The van der Waals surface area contributed by atoms with Gasteiger partial charge in [-0.15, -0.1) is 23.5 Å². The van der Waals surface area contributed by atoms with E-state index in [0.29, 0.717) is 11.5 Å². The lowest BCUT2D eigenvalue weighted by Crippen LogP contribution is -2.14. The molecule has 0 bridgehead atoms. The number of para-hydroxylation sites is 1. The Morgan fingerprint density at radius 1 is 1.19 bits per heavy atom. The van der Waals surface area contributed by atoms with Gasteiger partial charge in [0, 0.05) is 10.6 Å². The van der Waals surface area contributed by atoms with Crippen LogP contribution in [0.4, 0.5) is 10.1 Å². The Hall–Kier alpha value is -1.46. The van der Waals surface area contributed by atoms with E-state index in [2.05, 4.69) is 5.32 Å². The van der Waals surface area contributed by atoms with Crippen molar-refractivity contribution in [2.24, 2.45) is 0 Å². The van der Waals surface area contributed by atoms with Crippen LogP contribution >= 0.6 is 23.5 Å². The van der Waals surface area contributed by atoms with Crippen molar-refractivity contribution in [2.45, 2.75) is 10.6 Å². The van der Waals surface area contributed by atoms with Crippen LogP contribution in [-0.2, 0) is 10.5 Å². The zero-order valence-electron chi connectivity index (χ0n) is 11.6. The standard InChI is InChI=1S/C16H16FNOS2/c1-20-15-8-3-2-7-14(15)18-16(19)11-21-10-12-5-4-6-13(17)9-12/h2-9H,10-11H2,1H3,(H,18,19). The normalized spacial score (nSPS) is 10.4. The fourth-order valence-electron chi connectivity index (χ4n) is 1.82. The summed E-state index contributed by atoms with van der Waals surface area (Å²) < 4.78 is 13.0. The molecule has 0 aliphatic carbocycles. The van der Waals surface area contributed by atoms with Crippen molar-refractivity contribution in [2.75, 3.05) is 17.3 Å². The molecule has 0 fully saturated rings. The van der Waals surface area contributed by atoms with E-state index in [1.807, 2.05) is 36.6 Å². The number of rotatable bonds is 6. The average molecular weight is 321 g/mol. The predicted octanol–water partition coefficient (Wildman–Crippen LogP) is 4.42. The van der Waals surface area contributed by atoms with Crippen molar-refractivity contribution in [1.29, 1.82) is 0 Å². The molecule has 1 amide bonds. The van der Waals surface area contributed by atoms with Gasteiger partial charge in [0.1, 0.15) is 5.82 Å². The lowest BCUT2D eigenvalue weighted by atomic mass is 10.2. The number of hydrogen-bond acceptors (Lipinski definition) is 3. The van der Waals surface area contributed by atoms with Gasteiger partial charge >= 0.3 is 0 Å². The molecule has 1 N–H and O–H groups in total. The maximum absolute atomic E-state index is 13.0. The summed E-state index contributed by atoms with van der Waals surface area (Å²) in [7, 11) is 0. The molecule has 2 rings (SSSR count). The van der Waals surface area contributed by atoms with Crippen molar-refractivity contribution in [3.63, 3.8) is 0 Å². The molecule has 0 spiro atoms. The molecular formula is C16H16FNOS2. The number of anilines is 1. The van der Waals surface area contributed by atoms with Gasteiger partial charge in [0.15, 0.2) is 0 Å². The lowest BCUT2D eigenvalue weighted by Gasteiger charge is -2.09. The maximum atomic E-state index is 13.0. The average Bonchev–Trinajstić information content (AvgIpc) is 2.48. The minimum atomic E-state index is -0.244. The van der Waals surface area contributed by atoms with Gasteiger partial charge in [-0.2, -0.15) is 0 Å². The number of halogens is 1. The highest BCUT2D eigenvalue weighted by atomic mass is 32.2. The highest BCUT2D eigenvalue weighted by Crippen LogP contribution is 2.24. The SMILES string of the molecule is CSc1ccccc1NC(=O)CSCc1cccc(F)c1. The predicted molar refractivity (Wildman–Crippen MR) is 89.4 cm³/mol. The van der Waals surface area contributed by atoms with Crippen LogP contribution in [-0.4, -0.2) is 17.9 Å². The maximum Gasteiger partial charge on any atom is 0.234 e. The zero-order chi connectivity index (χ0) is 15.1. The topological polar surface area (TPSA) is 29.1 Å². The van der Waals surface area contributed by atoms with Crippen molar-refractivity contribution in [1.82, 2.24) is 0 Å². The van der Waals surface area contributed by atoms with Gasteiger partial charge in [-0.1, -0.05) is 24.3 Å². The Labute approximate surface area is 132 Å². The van der Waals surface area contributed by atoms with Crippen molar-refractivity contribution in [3.8, 4) is 0 Å². The highest BCUT2D eigenvalue weighted by molar-refractivity contribution is 7.99. The number of benzene rings is 2. The fraction of sp³-hybridized carbons (Fsp3) is 0.188. The van der Waals surface area contributed by atoms with E-state index < -0.39 is 0 Å². The van der Waals surface area contributed by atoms with Gasteiger partial charge in [0.25, 0.3) is 0 Å². The summed E-state index contributed by atoms with van der Waals surface area (Å²) in [6.45, 7) is 0. The molecule has 0 aliphatic heterocycles. The van der Waals surface area contributed by atoms with Gasteiger partial charge < -0.3 is 5.32 Å². The van der Waals surface area contributed by atoms with Gasteiger partial charge in [0.2, 0.25) is 5.91 Å². The molecule has 0 saturated heterocycles. The first-order chi connectivity index (χ1) is 10.2. The zero-order valence-corrected chi connectivity index (χ0v) is 13.3. The molecule has 0 aromatic heterocycles. The molecular weight excluding hydrogens is 305 g/mol. The van der Waals surface area contributed by atoms with Crippen LogP contribution in [0.2, 0.25) is 0 Å². The van der Waals surface area contributed by atoms with E-state index >= 15 is 0 Å². The minimum Gasteiger partial charge on any atom is -0.324 e. The molecule has 21 heavy (non-hydrogen) atoms. The molecule has 2 nitrogen and oxygen atoms in total. The summed E-state index contributed by atoms with van der Waals surface area (Å²) in [5.74, 6) is 0.679. The molecule has 0 unspecified atom stereocenters. The molecule has 0 saturated carbocycles. The largest absolute Gasteiger partial charge is 0.324 e. The third-order valence-electron chi connectivity index (χ3n) is 2.77. The van der Waals surface area contributed by atoms with Gasteiger partial charge in [-0.05, 0) is 36.1 Å². The quantitative estimate of drug-likeness (QED) is 0.799. The number of carbonyl (C=O) groups is 1. The second-order valence-electron chi connectivity index (χ2n) is 4.37. The fourth-order valence-corrected chi connectivity index (χ4v) is 3.15. The molecule has 110 valence electrons. The number of thioether (sulfide) groups is 2. The van der Waals surface area contributed by atoms with E-state index in [4.69, 9.17) is 0 Å². The Morgan fingerprint density at radius 3 is 2.76 bits per heavy atom. The molecule has 0 heterocycles. The molecule has 2 aromatic carbocycles. The summed E-state index contributed by atoms with van der Waals surface area (Å²) in [5.41, 5.74) is 1.72. The van der Waals surface area contributed by atoms with Gasteiger partial charge in [-0.25, -0.2) is 4.39 Å². The van der Waals surface area contributed by atoms with Crippen LogP contribution in [0.25, 0.3) is 0 Å². The third kappa shape index (κ3) is 5.10.